The molecule has 2 N–H and O–H groups in total. The SMILES string of the molecule is CCNC(=O)CSc1cccc(C(=O)O)c1. The molecule has 0 radical (unpaired) electrons. The largest absolute Gasteiger partial charge is 0.478 e. The predicted octanol–water partition coefficient (Wildman–Crippen LogP) is 1.61. The monoisotopic (exact) mass is 239 g/mol. The summed E-state index contributed by atoms with van der Waals surface area (Å²) >= 11 is 1.32. The molecule has 86 valence electrons. The molecule has 0 saturated heterocycles. The number of carbonyl (C=O) groups excluding carboxylic acids is 1. The molecule has 0 aliphatic carbocycles. The molecule has 0 aromatic heterocycles. The molecule has 4 nitrogen and oxygen atoms in total. The van der Waals surface area contributed by atoms with Gasteiger partial charge in [0.15, 0.2) is 0 Å². The molecule has 1 aromatic carbocycles. The number of carboxylic acids is 1. The number of aromatic carboxylic acids is 1. The highest BCUT2D eigenvalue weighted by Gasteiger charge is 2.05. The highest BCUT2D eigenvalue weighted by Crippen LogP contribution is 2.18. The third-order valence-electron chi connectivity index (χ3n) is 1.82. The fourth-order valence-electron chi connectivity index (χ4n) is 1.12. The number of benzene rings is 1. The molecule has 0 unspecified atom stereocenters. The fraction of sp³-hybridized carbons (Fsp3) is 0.273. The number of hydrogen-bond acceptors (Lipinski definition) is 3. The van der Waals surface area contributed by atoms with Crippen LogP contribution in [0.5, 0.6) is 0 Å². The Morgan fingerprint density at radius 2 is 2.19 bits per heavy atom. The normalized spacial score (nSPS) is 9.81. The molecular formula is C11H13NO3S. The predicted molar refractivity (Wildman–Crippen MR) is 62.8 cm³/mol. The third-order valence-corrected chi connectivity index (χ3v) is 2.82. The minimum atomic E-state index is -0.958. The van der Waals surface area contributed by atoms with E-state index in [0.29, 0.717) is 12.3 Å². The van der Waals surface area contributed by atoms with Crippen molar-refractivity contribution < 1.29 is 14.7 Å². The van der Waals surface area contributed by atoms with Crippen LogP contribution < -0.4 is 5.32 Å². The molecule has 0 aliphatic rings. The zero-order valence-corrected chi connectivity index (χ0v) is 9.71. The van der Waals surface area contributed by atoms with Crippen LogP contribution in [0.1, 0.15) is 17.3 Å². The Kier molecular flexibility index (Phi) is 4.85. The Morgan fingerprint density at radius 1 is 1.44 bits per heavy atom. The van der Waals surface area contributed by atoms with Crippen LogP contribution >= 0.6 is 11.8 Å². The van der Waals surface area contributed by atoms with Crippen LogP contribution in [-0.2, 0) is 4.79 Å². The first kappa shape index (κ1) is 12.6. The average molecular weight is 239 g/mol. The van der Waals surface area contributed by atoms with E-state index in [1.807, 2.05) is 6.92 Å². The van der Waals surface area contributed by atoms with E-state index in [0.717, 1.165) is 4.90 Å². The summed E-state index contributed by atoms with van der Waals surface area (Å²) in [5.41, 5.74) is 0.237. The van der Waals surface area contributed by atoms with Crippen LogP contribution in [0.2, 0.25) is 0 Å². The first-order chi connectivity index (χ1) is 7.63. The summed E-state index contributed by atoms with van der Waals surface area (Å²) < 4.78 is 0. The molecule has 1 amide bonds. The standard InChI is InChI=1S/C11H13NO3S/c1-2-12-10(13)7-16-9-5-3-4-8(6-9)11(14)15/h3-6H,2,7H2,1H3,(H,12,13)(H,14,15). The van der Waals surface area contributed by atoms with Crippen LogP contribution in [0.15, 0.2) is 29.2 Å². The topological polar surface area (TPSA) is 66.4 Å². The van der Waals surface area contributed by atoms with Crippen molar-refractivity contribution in [2.24, 2.45) is 0 Å². The number of carbonyl (C=O) groups is 2. The van der Waals surface area contributed by atoms with E-state index in [4.69, 9.17) is 5.11 Å². The van der Waals surface area contributed by atoms with Gasteiger partial charge in [-0.3, -0.25) is 4.79 Å². The van der Waals surface area contributed by atoms with E-state index in [9.17, 15) is 9.59 Å². The van der Waals surface area contributed by atoms with Gasteiger partial charge in [-0.25, -0.2) is 4.79 Å². The second kappa shape index (κ2) is 6.17. The maximum atomic E-state index is 11.2. The van der Waals surface area contributed by atoms with Crippen molar-refractivity contribution >= 4 is 23.6 Å². The van der Waals surface area contributed by atoms with Gasteiger partial charge in [0.05, 0.1) is 11.3 Å². The molecule has 16 heavy (non-hydrogen) atoms. The average Bonchev–Trinajstić information content (AvgIpc) is 2.27. The van der Waals surface area contributed by atoms with Crippen molar-refractivity contribution in [3.05, 3.63) is 29.8 Å². The fourth-order valence-corrected chi connectivity index (χ4v) is 1.90. The zero-order chi connectivity index (χ0) is 12.0. The van der Waals surface area contributed by atoms with E-state index >= 15 is 0 Å². The maximum Gasteiger partial charge on any atom is 0.335 e. The number of nitrogens with one attached hydrogen (secondary N) is 1. The molecule has 0 heterocycles. The van der Waals surface area contributed by atoms with Gasteiger partial charge in [-0.05, 0) is 25.1 Å². The van der Waals surface area contributed by atoms with E-state index in [1.165, 1.54) is 17.8 Å². The van der Waals surface area contributed by atoms with Gasteiger partial charge < -0.3 is 10.4 Å². The molecule has 5 heteroatoms. The Hall–Kier alpha value is -1.49. The van der Waals surface area contributed by atoms with Crippen molar-refractivity contribution in [1.29, 1.82) is 0 Å². The van der Waals surface area contributed by atoms with E-state index in [-0.39, 0.29) is 11.5 Å². The summed E-state index contributed by atoms with van der Waals surface area (Å²) in [4.78, 5) is 22.7. The van der Waals surface area contributed by atoms with Gasteiger partial charge in [0.1, 0.15) is 0 Å². The first-order valence-corrected chi connectivity index (χ1v) is 5.85. The van der Waals surface area contributed by atoms with Crippen LogP contribution in [0.25, 0.3) is 0 Å². The summed E-state index contributed by atoms with van der Waals surface area (Å²) in [6, 6.07) is 6.55. The van der Waals surface area contributed by atoms with Gasteiger partial charge in [-0.1, -0.05) is 6.07 Å². The minimum absolute atomic E-state index is 0.0479. The third kappa shape index (κ3) is 3.94. The number of thioether (sulfide) groups is 1. The number of amides is 1. The summed E-state index contributed by atoms with van der Waals surface area (Å²) in [6.45, 7) is 2.46. The van der Waals surface area contributed by atoms with Gasteiger partial charge in [-0.2, -0.15) is 0 Å². The van der Waals surface area contributed by atoms with E-state index in [2.05, 4.69) is 5.32 Å². The quantitative estimate of drug-likeness (QED) is 0.766. The molecular weight excluding hydrogens is 226 g/mol. The van der Waals surface area contributed by atoms with Crippen LogP contribution in [0.4, 0.5) is 0 Å². The van der Waals surface area contributed by atoms with Crippen LogP contribution in [0, 0.1) is 0 Å². The van der Waals surface area contributed by atoms with Gasteiger partial charge >= 0.3 is 5.97 Å². The zero-order valence-electron chi connectivity index (χ0n) is 8.90. The lowest BCUT2D eigenvalue weighted by atomic mass is 10.2. The van der Waals surface area contributed by atoms with Gasteiger partial charge in [0, 0.05) is 11.4 Å². The molecule has 0 atom stereocenters. The van der Waals surface area contributed by atoms with Gasteiger partial charge in [-0.15, -0.1) is 11.8 Å². The molecule has 0 fully saturated rings. The second-order valence-corrected chi connectivity index (χ2v) is 4.12. The van der Waals surface area contributed by atoms with E-state index < -0.39 is 5.97 Å². The first-order valence-electron chi connectivity index (χ1n) is 4.86. The molecule has 0 spiro atoms. The van der Waals surface area contributed by atoms with Crippen LogP contribution in [-0.4, -0.2) is 29.3 Å². The second-order valence-electron chi connectivity index (χ2n) is 3.08. The number of carboxylic acid groups (broad SMARTS) is 1. The number of hydrogen-bond donors (Lipinski definition) is 2. The van der Waals surface area contributed by atoms with Crippen molar-refractivity contribution in [3.63, 3.8) is 0 Å². The lowest BCUT2D eigenvalue weighted by molar-refractivity contribution is -0.118. The highest BCUT2D eigenvalue weighted by molar-refractivity contribution is 8.00. The van der Waals surface area contributed by atoms with Crippen molar-refractivity contribution in [1.82, 2.24) is 5.32 Å². The molecule has 0 saturated carbocycles. The van der Waals surface area contributed by atoms with Crippen molar-refractivity contribution in [2.75, 3.05) is 12.3 Å². The Balaban J connectivity index is 2.57. The number of rotatable bonds is 5. The van der Waals surface area contributed by atoms with E-state index in [1.54, 1.807) is 18.2 Å². The Labute approximate surface area is 98.0 Å². The molecule has 1 aromatic rings. The van der Waals surface area contributed by atoms with Gasteiger partial charge in [0.2, 0.25) is 5.91 Å². The molecule has 0 aliphatic heterocycles. The lowest BCUT2D eigenvalue weighted by Crippen LogP contribution is -2.24. The van der Waals surface area contributed by atoms with Crippen molar-refractivity contribution in [2.45, 2.75) is 11.8 Å². The highest BCUT2D eigenvalue weighted by atomic mass is 32.2. The summed E-state index contributed by atoms with van der Waals surface area (Å²) in [5.74, 6) is -0.703. The minimum Gasteiger partial charge on any atom is -0.478 e. The molecule has 0 bridgehead atoms. The van der Waals surface area contributed by atoms with Crippen LogP contribution in [0.3, 0.4) is 0 Å². The Morgan fingerprint density at radius 3 is 2.81 bits per heavy atom. The maximum absolute atomic E-state index is 11.2. The summed E-state index contributed by atoms with van der Waals surface area (Å²) in [7, 11) is 0. The van der Waals surface area contributed by atoms with Crippen molar-refractivity contribution in [3.8, 4) is 0 Å². The van der Waals surface area contributed by atoms with Gasteiger partial charge in [0.25, 0.3) is 0 Å². The molecule has 1 rings (SSSR count). The lowest BCUT2D eigenvalue weighted by Gasteiger charge is -2.03. The summed E-state index contributed by atoms with van der Waals surface area (Å²) in [6.07, 6.45) is 0. The smallest absolute Gasteiger partial charge is 0.335 e. The summed E-state index contributed by atoms with van der Waals surface area (Å²) in [5, 5.41) is 11.5. The Bertz CT molecular complexity index is 393.